The summed E-state index contributed by atoms with van der Waals surface area (Å²) in [4.78, 5) is 12.0. The Bertz CT molecular complexity index is 724. The fraction of sp³-hybridized carbons (Fsp3) is 0.731. The van der Waals surface area contributed by atoms with Crippen LogP contribution in [0.15, 0.2) is 18.2 Å². The third-order valence-electron chi connectivity index (χ3n) is 5.70. The summed E-state index contributed by atoms with van der Waals surface area (Å²) < 4.78 is 30.6. The average molecular weight is 484 g/mol. The molecule has 0 bridgehead atoms. The number of nitrogens with one attached hydrogen (secondary N) is 1. The average Bonchev–Trinajstić information content (AvgIpc) is 2.77. The first kappa shape index (κ1) is 29.7. The minimum Gasteiger partial charge on any atom is -0.468 e. The molecule has 0 fully saturated rings. The molecule has 33 heavy (non-hydrogen) atoms. The Balaban J connectivity index is 2.93. The highest BCUT2D eigenvalue weighted by Gasteiger charge is 2.33. The fourth-order valence-electron chi connectivity index (χ4n) is 3.69. The maximum absolute atomic E-state index is 13.8. The number of carbonyl (C=O) groups is 1. The molecule has 0 saturated heterocycles. The lowest BCUT2D eigenvalue weighted by molar-refractivity contribution is -0.142. The van der Waals surface area contributed by atoms with Gasteiger partial charge in [0.1, 0.15) is 11.8 Å². The highest BCUT2D eigenvalue weighted by atomic mass is 31.2. The second-order valence-corrected chi connectivity index (χ2v) is 11.0. The molecule has 1 rings (SSSR count). The van der Waals surface area contributed by atoms with E-state index in [1.807, 2.05) is 18.2 Å². The van der Waals surface area contributed by atoms with Gasteiger partial charge in [-0.2, -0.15) is 5.09 Å². The predicted molar refractivity (Wildman–Crippen MR) is 136 cm³/mol. The molecule has 0 aliphatic rings. The maximum atomic E-state index is 13.8. The summed E-state index contributed by atoms with van der Waals surface area (Å²) in [7, 11) is -2.51. The first-order chi connectivity index (χ1) is 15.6. The van der Waals surface area contributed by atoms with E-state index in [1.54, 1.807) is 6.92 Å². The Morgan fingerprint density at radius 3 is 1.91 bits per heavy atom. The van der Waals surface area contributed by atoms with Crippen molar-refractivity contribution < 1.29 is 23.1 Å². The van der Waals surface area contributed by atoms with Crippen LogP contribution in [0.4, 0.5) is 0 Å². The van der Waals surface area contributed by atoms with Gasteiger partial charge in [0.05, 0.1) is 13.7 Å². The van der Waals surface area contributed by atoms with E-state index >= 15 is 0 Å². The van der Waals surface area contributed by atoms with E-state index in [-0.39, 0.29) is 11.8 Å². The first-order valence-electron chi connectivity index (χ1n) is 12.6. The fourth-order valence-corrected chi connectivity index (χ4v) is 5.27. The molecular formula is C26H46NO5P. The van der Waals surface area contributed by atoms with Gasteiger partial charge in [-0.25, -0.2) is 4.57 Å². The SMILES string of the molecule is CCCCCCCCCCOP(=O)(N[C@@H](C)C(=O)OC)Oc1c(C(C)C)cccc1C(C)C. The summed E-state index contributed by atoms with van der Waals surface area (Å²) in [5.41, 5.74) is 1.93. The quantitative estimate of drug-likeness (QED) is 0.139. The van der Waals surface area contributed by atoms with Crippen molar-refractivity contribution >= 4 is 13.7 Å². The van der Waals surface area contributed by atoms with E-state index in [4.69, 9.17) is 13.8 Å². The summed E-state index contributed by atoms with van der Waals surface area (Å²) >= 11 is 0. The molecule has 190 valence electrons. The van der Waals surface area contributed by atoms with Crippen molar-refractivity contribution in [3.63, 3.8) is 0 Å². The molecule has 1 unspecified atom stereocenters. The lowest BCUT2D eigenvalue weighted by atomic mass is 9.94. The van der Waals surface area contributed by atoms with Crippen LogP contribution in [0.25, 0.3) is 0 Å². The van der Waals surface area contributed by atoms with Crippen molar-refractivity contribution in [3.05, 3.63) is 29.3 Å². The summed E-state index contributed by atoms with van der Waals surface area (Å²) in [6.07, 6.45) is 9.25. The molecule has 2 atom stereocenters. The van der Waals surface area contributed by atoms with E-state index in [0.29, 0.717) is 12.4 Å². The molecule has 0 heterocycles. The smallest absolute Gasteiger partial charge is 0.459 e. The first-order valence-corrected chi connectivity index (χ1v) is 14.1. The number of benzene rings is 1. The number of hydrogen-bond acceptors (Lipinski definition) is 5. The second-order valence-electron chi connectivity index (χ2n) is 9.35. The normalized spacial score (nSPS) is 14.3. The number of rotatable bonds is 17. The van der Waals surface area contributed by atoms with E-state index in [0.717, 1.165) is 30.4 Å². The van der Waals surface area contributed by atoms with Crippen molar-refractivity contribution in [1.82, 2.24) is 5.09 Å². The molecule has 6 nitrogen and oxygen atoms in total. The molecule has 0 saturated carbocycles. The minimum atomic E-state index is -3.82. The zero-order valence-electron chi connectivity index (χ0n) is 21.8. The van der Waals surface area contributed by atoms with E-state index in [2.05, 4.69) is 39.7 Å². The van der Waals surface area contributed by atoms with Gasteiger partial charge in [-0.05, 0) is 36.3 Å². The molecule has 0 aliphatic carbocycles. The lowest BCUT2D eigenvalue weighted by Crippen LogP contribution is -2.34. The molecule has 0 aliphatic heterocycles. The van der Waals surface area contributed by atoms with Gasteiger partial charge in [0, 0.05) is 0 Å². The van der Waals surface area contributed by atoms with Gasteiger partial charge >= 0.3 is 13.7 Å². The van der Waals surface area contributed by atoms with Crippen molar-refractivity contribution in [1.29, 1.82) is 0 Å². The third kappa shape index (κ3) is 10.6. The Morgan fingerprint density at radius 1 is 0.909 bits per heavy atom. The van der Waals surface area contributed by atoms with Crippen LogP contribution in [0.2, 0.25) is 0 Å². The minimum absolute atomic E-state index is 0.179. The van der Waals surface area contributed by atoms with Crippen LogP contribution in [-0.4, -0.2) is 25.7 Å². The number of hydrogen-bond donors (Lipinski definition) is 1. The van der Waals surface area contributed by atoms with Gasteiger partial charge < -0.3 is 9.26 Å². The predicted octanol–water partition coefficient (Wildman–Crippen LogP) is 7.73. The number of para-hydroxylation sites is 1. The number of unbranched alkanes of at least 4 members (excludes halogenated alkanes) is 7. The standard InChI is InChI=1S/C26H46NO5P/c1-8-9-10-11-12-13-14-15-19-31-33(29,27-22(6)26(28)30-7)32-25-23(20(2)3)17-16-18-24(25)21(4)5/h16-18,20-22H,8-15,19H2,1-7H3,(H,27,29)/t22-,33?/m0/s1. The van der Waals surface area contributed by atoms with Crippen LogP contribution >= 0.6 is 7.75 Å². The molecule has 7 heteroatoms. The molecule has 1 N–H and O–H groups in total. The Hall–Kier alpha value is -1.36. The summed E-state index contributed by atoms with van der Waals surface area (Å²) in [5, 5.41) is 2.79. The van der Waals surface area contributed by atoms with Crippen molar-refractivity contribution in [3.8, 4) is 5.75 Å². The van der Waals surface area contributed by atoms with Crippen molar-refractivity contribution in [2.24, 2.45) is 0 Å². The highest BCUT2D eigenvalue weighted by molar-refractivity contribution is 7.52. The van der Waals surface area contributed by atoms with Gasteiger partial charge in [0.15, 0.2) is 0 Å². The molecule has 0 spiro atoms. The number of ether oxygens (including phenoxy) is 1. The van der Waals surface area contributed by atoms with Crippen LogP contribution in [0.1, 0.15) is 116 Å². The topological polar surface area (TPSA) is 73.9 Å². The van der Waals surface area contributed by atoms with Gasteiger partial charge in [0.25, 0.3) is 0 Å². The van der Waals surface area contributed by atoms with Crippen LogP contribution in [0.3, 0.4) is 0 Å². The Kier molecular flexibility index (Phi) is 14.0. The van der Waals surface area contributed by atoms with Crippen LogP contribution in [0, 0.1) is 0 Å². The van der Waals surface area contributed by atoms with Crippen molar-refractivity contribution in [2.75, 3.05) is 13.7 Å². The maximum Gasteiger partial charge on any atom is 0.459 e. The monoisotopic (exact) mass is 483 g/mol. The summed E-state index contributed by atoms with van der Waals surface area (Å²) in [6, 6.07) is 5.14. The summed E-state index contributed by atoms with van der Waals surface area (Å²) in [5.74, 6) is 0.415. The van der Waals surface area contributed by atoms with Crippen molar-refractivity contribution in [2.45, 2.75) is 111 Å². The Labute approximate surface area is 201 Å². The molecule has 0 aromatic heterocycles. The lowest BCUT2D eigenvalue weighted by Gasteiger charge is -2.26. The highest BCUT2D eigenvalue weighted by Crippen LogP contribution is 2.49. The van der Waals surface area contributed by atoms with Crippen LogP contribution in [0.5, 0.6) is 5.75 Å². The number of esters is 1. The van der Waals surface area contributed by atoms with Crippen LogP contribution in [-0.2, 0) is 18.6 Å². The van der Waals surface area contributed by atoms with Gasteiger partial charge in [0.2, 0.25) is 0 Å². The van der Waals surface area contributed by atoms with Gasteiger partial charge in [-0.1, -0.05) is 97.8 Å². The van der Waals surface area contributed by atoms with E-state index in [9.17, 15) is 9.36 Å². The van der Waals surface area contributed by atoms with Gasteiger partial charge in [-0.15, -0.1) is 0 Å². The molecule has 1 aromatic carbocycles. The second kappa shape index (κ2) is 15.5. The molecule has 0 radical (unpaired) electrons. The molecule has 0 amide bonds. The van der Waals surface area contributed by atoms with E-state index in [1.165, 1.54) is 39.2 Å². The largest absolute Gasteiger partial charge is 0.468 e. The zero-order valence-corrected chi connectivity index (χ0v) is 22.7. The number of methoxy groups -OCH3 is 1. The third-order valence-corrected chi connectivity index (χ3v) is 7.35. The zero-order chi connectivity index (χ0) is 24.9. The molecular weight excluding hydrogens is 437 g/mol. The number of carbonyl (C=O) groups excluding carboxylic acids is 1. The summed E-state index contributed by atoms with van der Waals surface area (Å²) in [6.45, 7) is 12.4. The van der Waals surface area contributed by atoms with Gasteiger partial charge in [-0.3, -0.25) is 9.32 Å². The van der Waals surface area contributed by atoms with E-state index < -0.39 is 19.8 Å². The molecule has 1 aromatic rings. The Morgan fingerprint density at radius 2 is 1.42 bits per heavy atom. The van der Waals surface area contributed by atoms with Crippen LogP contribution < -0.4 is 9.61 Å².